The zero-order chi connectivity index (χ0) is 18.9. The van der Waals surface area contributed by atoms with Crippen LogP contribution in [0.3, 0.4) is 0 Å². The second-order valence-corrected chi connectivity index (χ2v) is 6.14. The molecule has 6 nitrogen and oxygen atoms in total. The Morgan fingerprint density at radius 1 is 1.42 bits per heavy atom. The number of nitrogens with zero attached hydrogens (tertiary/aromatic N) is 2. The van der Waals surface area contributed by atoms with Crippen LogP contribution >= 0.6 is 0 Å². The molecule has 1 aromatic heterocycles. The van der Waals surface area contributed by atoms with Gasteiger partial charge in [0.05, 0.1) is 7.11 Å². The third-order valence-electron chi connectivity index (χ3n) is 4.26. The Kier molecular flexibility index (Phi) is 7.74. The summed E-state index contributed by atoms with van der Waals surface area (Å²) in [6.07, 6.45) is 4.53. The molecule has 1 fully saturated rings. The van der Waals surface area contributed by atoms with Gasteiger partial charge in [0, 0.05) is 30.3 Å². The summed E-state index contributed by atoms with van der Waals surface area (Å²) < 4.78 is 19.4. The van der Waals surface area contributed by atoms with Crippen molar-refractivity contribution in [2.24, 2.45) is 0 Å². The first-order chi connectivity index (χ1) is 12.5. The Bertz CT molecular complexity index is 670. The number of halogens is 1. The van der Waals surface area contributed by atoms with Gasteiger partial charge in [0.1, 0.15) is 12.4 Å². The SMILES string of the molecule is CON(C)C(=O)/C(C)=C/C(F)=C/COc1cccc(C2CCNCC2)n1. The molecule has 2 heterocycles. The van der Waals surface area contributed by atoms with Gasteiger partial charge in [0.15, 0.2) is 0 Å². The third-order valence-corrected chi connectivity index (χ3v) is 4.26. The number of pyridine rings is 1. The Labute approximate surface area is 153 Å². The molecule has 2 rings (SSSR count). The summed E-state index contributed by atoms with van der Waals surface area (Å²) in [6, 6.07) is 5.67. The summed E-state index contributed by atoms with van der Waals surface area (Å²) in [5.41, 5.74) is 1.24. The van der Waals surface area contributed by atoms with Crippen molar-refractivity contribution in [1.82, 2.24) is 15.4 Å². The molecule has 1 N–H and O–H groups in total. The third kappa shape index (κ3) is 5.93. The molecule has 0 atom stereocenters. The molecule has 0 radical (unpaired) electrons. The lowest BCUT2D eigenvalue weighted by Crippen LogP contribution is -2.27. The molecule has 1 amide bonds. The van der Waals surface area contributed by atoms with Crippen molar-refractivity contribution in [2.75, 3.05) is 33.9 Å². The molecule has 0 saturated carbocycles. The number of rotatable bonds is 7. The van der Waals surface area contributed by atoms with E-state index in [1.54, 1.807) is 6.07 Å². The van der Waals surface area contributed by atoms with Crippen molar-refractivity contribution in [2.45, 2.75) is 25.7 Å². The molecule has 1 saturated heterocycles. The van der Waals surface area contributed by atoms with Crippen LogP contribution in [0.5, 0.6) is 5.88 Å². The predicted octanol–water partition coefficient (Wildman–Crippen LogP) is 2.75. The number of amides is 1. The minimum Gasteiger partial charge on any atom is -0.473 e. The number of likely N-dealkylation sites (N-methyl/N-ethyl adjacent to an activating group) is 1. The highest BCUT2D eigenvalue weighted by Gasteiger charge is 2.16. The normalized spacial score (nSPS) is 16.5. The second kappa shape index (κ2) is 10.0. The maximum absolute atomic E-state index is 13.9. The lowest BCUT2D eigenvalue weighted by Gasteiger charge is -2.22. The molecule has 1 aliphatic rings. The van der Waals surface area contributed by atoms with Crippen molar-refractivity contribution < 1.29 is 18.8 Å². The minimum absolute atomic E-state index is 0.0343. The highest BCUT2D eigenvalue weighted by molar-refractivity contribution is 5.92. The Morgan fingerprint density at radius 2 is 2.15 bits per heavy atom. The molecule has 1 aliphatic heterocycles. The van der Waals surface area contributed by atoms with Crippen LogP contribution in [0.2, 0.25) is 0 Å². The number of hydrogen-bond acceptors (Lipinski definition) is 5. The van der Waals surface area contributed by atoms with Gasteiger partial charge in [-0.1, -0.05) is 6.07 Å². The van der Waals surface area contributed by atoms with Crippen molar-refractivity contribution in [1.29, 1.82) is 0 Å². The van der Waals surface area contributed by atoms with Gasteiger partial charge in [0.25, 0.3) is 5.91 Å². The lowest BCUT2D eigenvalue weighted by atomic mass is 9.94. The van der Waals surface area contributed by atoms with Crippen LogP contribution in [0.1, 0.15) is 31.4 Å². The predicted molar refractivity (Wildman–Crippen MR) is 97.3 cm³/mol. The van der Waals surface area contributed by atoms with Crippen molar-refractivity contribution >= 4 is 5.91 Å². The Hall–Kier alpha value is -2.25. The van der Waals surface area contributed by atoms with E-state index in [0.29, 0.717) is 11.8 Å². The zero-order valence-corrected chi connectivity index (χ0v) is 15.5. The summed E-state index contributed by atoms with van der Waals surface area (Å²) in [5, 5.41) is 4.36. The fourth-order valence-corrected chi connectivity index (χ4v) is 2.72. The molecular formula is C19H26FN3O3. The summed E-state index contributed by atoms with van der Waals surface area (Å²) in [4.78, 5) is 21.1. The van der Waals surface area contributed by atoms with E-state index in [9.17, 15) is 9.18 Å². The van der Waals surface area contributed by atoms with Gasteiger partial charge in [-0.25, -0.2) is 14.4 Å². The molecule has 0 unspecified atom stereocenters. The van der Waals surface area contributed by atoms with Crippen molar-refractivity contribution in [3.05, 3.63) is 47.4 Å². The summed E-state index contributed by atoms with van der Waals surface area (Å²) in [6.45, 7) is 3.55. The topological polar surface area (TPSA) is 63.7 Å². The first-order valence-electron chi connectivity index (χ1n) is 8.68. The van der Waals surface area contributed by atoms with E-state index in [0.717, 1.165) is 42.8 Å². The average Bonchev–Trinajstić information content (AvgIpc) is 2.67. The van der Waals surface area contributed by atoms with Crippen LogP contribution in [-0.2, 0) is 9.63 Å². The van der Waals surface area contributed by atoms with Crippen LogP contribution in [0.25, 0.3) is 0 Å². The van der Waals surface area contributed by atoms with Crippen LogP contribution in [0, 0.1) is 0 Å². The van der Waals surface area contributed by atoms with Gasteiger partial charge in [-0.2, -0.15) is 0 Å². The van der Waals surface area contributed by atoms with Crippen LogP contribution < -0.4 is 10.1 Å². The maximum atomic E-state index is 13.9. The molecule has 26 heavy (non-hydrogen) atoms. The molecule has 1 aromatic rings. The lowest BCUT2D eigenvalue weighted by molar-refractivity contribution is -0.163. The molecule has 0 aromatic carbocycles. The molecule has 142 valence electrons. The fourth-order valence-electron chi connectivity index (χ4n) is 2.72. The number of hydroxylamine groups is 2. The number of nitrogens with one attached hydrogen (secondary N) is 1. The van der Waals surface area contributed by atoms with Gasteiger partial charge in [-0.15, -0.1) is 0 Å². The average molecular weight is 363 g/mol. The molecule has 0 bridgehead atoms. The van der Waals surface area contributed by atoms with Gasteiger partial charge < -0.3 is 10.1 Å². The van der Waals surface area contributed by atoms with Gasteiger partial charge in [0.2, 0.25) is 5.88 Å². The highest BCUT2D eigenvalue weighted by atomic mass is 19.1. The Balaban J connectivity index is 1.91. The molecule has 7 heteroatoms. The van der Waals surface area contributed by atoms with E-state index >= 15 is 0 Å². The van der Waals surface area contributed by atoms with Crippen molar-refractivity contribution in [3.8, 4) is 5.88 Å². The van der Waals surface area contributed by atoms with E-state index < -0.39 is 11.7 Å². The molecular weight excluding hydrogens is 337 g/mol. The molecule has 0 spiro atoms. The van der Waals surface area contributed by atoms with Crippen LogP contribution in [0.15, 0.2) is 41.8 Å². The summed E-state index contributed by atoms with van der Waals surface area (Å²) in [5.74, 6) is -0.0504. The van der Waals surface area contributed by atoms with E-state index in [2.05, 4.69) is 10.3 Å². The second-order valence-electron chi connectivity index (χ2n) is 6.14. The van der Waals surface area contributed by atoms with Crippen molar-refractivity contribution in [3.63, 3.8) is 0 Å². The number of ether oxygens (including phenoxy) is 1. The van der Waals surface area contributed by atoms with Gasteiger partial charge in [-0.3, -0.25) is 9.63 Å². The van der Waals surface area contributed by atoms with E-state index in [-0.39, 0.29) is 12.2 Å². The Morgan fingerprint density at radius 3 is 2.85 bits per heavy atom. The fraction of sp³-hybridized carbons (Fsp3) is 0.474. The quantitative estimate of drug-likeness (QED) is 0.458. The van der Waals surface area contributed by atoms with Crippen LogP contribution in [0.4, 0.5) is 4.39 Å². The van der Waals surface area contributed by atoms with Crippen LogP contribution in [-0.4, -0.2) is 49.8 Å². The minimum atomic E-state index is -0.546. The maximum Gasteiger partial charge on any atom is 0.272 e. The van der Waals surface area contributed by atoms with E-state index in [1.807, 2.05) is 12.1 Å². The highest BCUT2D eigenvalue weighted by Crippen LogP contribution is 2.24. The first kappa shape index (κ1) is 20.1. The standard InChI is InChI=1S/C19H26FN3O3/c1-14(19(24)23(2)25-3)13-16(20)9-12-26-18-6-4-5-17(22-18)15-7-10-21-11-8-15/h4-6,9,13,15,21H,7-8,10-12H2,1-3H3/b14-13+,16-9-. The molecule has 0 aliphatic carbocycles. The summed E-state index contributed by atoms with van der Waals surface area (Å²) in [7, 11) is 2.83. The van der Waals surface area contributed by atoms with E-state index in [4.69, 9.17) is 9.57 Å². The first-order valence-corrected chi connectivity index (χ1v) is 8.68. The van der Waals surface area contributed by atoms with E-state index in [1.165, 1.54) is 27.2 Å². The number of carbonyl (C=O) groups excluding carboxylic acids is 1. The largest absolute Gasteiger partial charge is 0.473 e. The van der Waals surface area contributed by atoms with Gasteiger partial charge >= 0.3 is 0 Å². The smallest absolute Gasteiger partial charge is 0.272 e. The number of allylic oxidation sites excluding steroid dienone is 2. The monoisotopic (exact) mass is 363 g/mol. The number of carbonyl (C=O) groups is 1. The number of hydrogen-bond donors (Lipinski definition) is 1. The number of piperidine rings is 1. The summed E-state index contributed by atoms with van der Waals surface area (Å²) >= 11 is 0. The van der Waals surface area contributed by atoms with Gasteiger partial charge in [-0.05, 0) is 51.1 Å². The zero-order valence-electron chi connectivity index (χ0n) is 15.5. The number of aromatic nitrogens is 1.